The minimum absolute atomic E-state index is 0.00410. The van der Waals surface area contributed by atoms with Crippen LogP contribution in [0.2, 0.25) is 15.1 Å². The number of nitrogens with one attached hydrogen (secondary N) is 1. The number of halogens is 3. The largest absolute Gasteiger partial charge is 0.389 e. The van der Waals surface area contributed by atoms with E-state index in [0.717, 1.165) is 0 Å². The quantitative estimate of drug-likeness (QED) is 0.240. The molecular weight excluding hydrogens is 581 g/mol. The first-order valence-electron chi connectivity index (χ1n) is 12.0. The van der Waals surface area contributed by atoms with E-state index in [4.69, 9.17) is 34.8 Å². The molecule has 11 heteroatoms. The summed E-state index contributed by atoms with van der Waals surface area (Å²) < 4.78 is 26.4. The number of aliphatic hydroxyl groups is 1. The molecule has 0 radical (unpaired) electrons. The summed E-state index contributed by atoms with van der Waals surface area (Å²) in [5.41, 5.74) is 1.27. The maximum absolute atomic E-state index is 12.9. The van der Waals surface area contributed by atoms with E-state index < -0.39 is 21.3 Å². The molecule has 0 fully saturated rings. The average Bonchev–Trinajstić information content (AvgIpc) is 3.31. The molecule has 0 saturated carbocycles. The van der Waals surface area contributed by atoms with Crippen molar-refractivity contribution in [2.45, 2.75) is 31.3 Å². The van der Waals surface area contributed by atoms with Gasteiger partial charge in [0.2, 0.25) is 0 Å². The topological polar surface area (TPSA) is 101 Å². The van der Waals surface area contributed by atoms with Gasteiger partial charge in [0.15, 0.2) is 9.84 Å². The zero-order valence-electron chi connectivity index (χ0n) is 21.4. The van der Waals surface area contributed by atoms with Crippen LogP contribution in [0.4, 0.5) is 0 Å². The predicted molar refractivity (Wildman–Crippen MR) is 156 cm³/mol. The number of nitrogens with zero attached hydrogens (tertiary/aromatic N) is 2. The van der Waals surface area contributed by atoms with Gasteiger partial charge in [-0.15, -0.1) is 0 Å². The molecule has 1 aromatic heterocycles. The molecule has 0 aliphatic heterocycles. The number of hydrogen-bond donors (Lipinski definition) is 2. The number of carbonyl (C=O) groups excluding carboxylic acids is 1. The molecule has 0 aliphatic carbocycles. The summed E-state index contributed by atoms with van der Waals surface area (Å²) in [4.78, 5) is 17.7. The lowest BCUT2D eigenvalue weighted by atomic mass is 10.1. The Hall–Kier alpha value is -2.88. The van der Waals surface area contributed by atoms with Crippen molar-refractivity contribution in [2.75, 3.05) is 12.3 Å². The first kappa shape index (κ1) is 29.1. The summed E-state index contributed by atoms with van der Waals surface area (Å²) in [5, 5.41) is 13.7. The number of carbonyl (C=O) groups is 1. The molecule has 1 heterocycles. The number of amides is 1. The third-order valence-electron chi connectivity index (χ3n) is 5.92. The fourth-order valence-electron chi connectivity index (χ4n) is 3.87. The summed E-state index contributed by atoms with van der Waals surface area (Å²) in [7, 11) is -3.38. The van der Waals surface area contributed by atoms with Crippen LogP contribution in [-0.2, 0) is 9.84 Å². The molecule has 3 aromatic carbocycles. The SMILES string of the molecule is CCS(=O)(=O)c1cccc(-c2ccc(-n3cc(C(=O)NCC(C)(C)O)nc3-c3c(Cl)cccc3Cl)c(Cl)c2)c1. The Bertz CT molecular complexity index is 1640. The molecule has 0 saturated heterocycles. The molecular formula is C28H26Cl3N3O4S. The van der Waals surface area contributed by atoms with Crippen molar-refractivity contribution in [2.24, 2.45) is 0 Å². The van der Waals surface area contributed by atoms with E-state index in [2.05, 4.69) is 10.3 Å². The van der Waals surface area contributed by atoms with Gasteiger partial charge in [-0.1, -0.05) is 66.0 Å². The fraction of sp³-hybridized carbons (Fsp3) is 0.214. The molecule has 4 aromatic rings. The van der Waals surface area contributed by atoms with E-state index in [9.17, 15) is 18.3 Å². The van der Waals surface area contributed by atoms with Crippen LogP contribution in [0.15, 0.2) is 71.8 Å². The highest BCUT2D eigenvalue weighted by Crippen LogP contribution is 2.37. The lowest BCUT2D eigenvalue weighted by Gasteiger charge is -2.16. The highest BCUT2D eigenvalue weighted by atomic mass is 35.5. The number of hydrogen-bond acceptors (Lipinski definition) is 5. The van der Waals surface area contributed by atoms with Crippen LogP contribution in [0.1, 0.15) is 31.3 Å². The van der Waals surface area contributed by atoms with E-state index in [1.54, 1.807) is 86.0 Å². The minimum Gasteiger partial charge on any atom is -0.389 e. The molecule has 0 atom stereocenters. The average molecular weight is 607 g/mol. The molecule has 0 bridgehead atoms. The van der Waals surface area contributed by atoms with E-state index in [0.29, 0.717) is 43.3 Å². The normalized spacial score (nSPS) is 12.0. The molecule has 0 aliphatic rings. The van der Waals surface area contributed by atoms with Crippen LogP contribution in [-0.4, -0.2) is 46.9 Å². The van der Waals surface area contributed by atoms with Crippen molar-refractivity contribution in [1.82, 2.24) is 14.9 Å². The Balaban J connectivity index is 1.82. The maximum Gasteiger partial charge on any atom is 0.271 e. The summed E-state index contributed by atoms with van der Waals surface area (Å²) in [6.07, 6.45) is 1.52. The zero-order chi connectivity index (χ0) is 28.5. The Morgan fingerprint density at radius 2 is 1.62 bits per heavy atom. The molecule has 39 heavy (non-hydrogen) atoms. The number of imidazole rings is 1. The van der Waals surface area contributed by atoms with Gasteiger partial charge in [0.25, 0.3) is 5.91 Å². The van der Waals surface area contributed by atoms with E-state index in [1.165, 1.54) is 6.20 Å². The van der Waals surface area contributed by atoms with Crippen molar-refractivity contribution in [1.29, 1.82) is 0 Å². The standard InChI is InChI=1S/C28H26Cl3N3O4S/c1-4-39(37,38)19-8-5-7-17(13-19)18-11-12-24(22(31)14-18)34-15-23(27(35)32-16-28(2,3)36)33-26(34)25-20(29)9-6-10-21(25)30/h5-15,36H,4,16H2,1-3H3,(H,32,35). The van der Waals surface area contributed by atoms with Crippen molar-refractivity contribution in [3.8, 4) is 28.2 Å². The monoisotopic (exact) mass is 605 g/mol. The summed E-state index contributed by atoms with van der Waals surface area (Å²) >= 11 is 19.7. The first-order chi connectivity index (χ1) is 18.3. The Morgan fingerprint density at radius 1 is 0.974 bits per heavy atom. The second-order valence-electron chi connectivity index (χ2n) is 9.51. The van der Waals surface area contributed by atoms with Gasteiger partial charge in [-0.3, -0.25) is 9.36 Å². The highest BCUT2D eigenvalue weighted by Gasteiger charge is 2.23. The third-order valence-corrected chi connectivity index (χ3v) is 8.59. The number of rotatable bonds is 8. The molecule has 4 rings (SSSR count). The minimum atomic E-state index is -3.38. The summed E-state index contributed by atoms with van der Waals surface area (Å²) in [6, 6.07) is 16.9. The highest BCUT2D eigenvalue weighted by molar-refractivity contribution is 7.91. The second kappa shape index (κ2) is 11.3. The van der Waals surface area contributed by atoms with Gasteiger partial charge in [-0.05, 0) is 61.4 Å². The number of sulfone groups is 1. The molecule has 0 spiro atoms. The maximum atomic E-state index is 12.9. The summed E-state index contributed by atoms with van der Waals surface area (Å²) in [5.74, 6) is -0.206. The van der Waals surface area contributed by atoms with Gasteiger partial charge in [0, 0.05) is 12.7 Å². The van der Waals surface area contributed by atoms with Gasteiger partial charge < -0.3 is 10.4 Å². The van der Waals surface area contributed by atoms with Crippen molar-refractivity contribution in [3.05, 3.63) is 87.6 Å². The van der Waals surface area contributed by atoms with Crippen LogP contribution in [0, 0.1) is 0 Å². The predicted octanol–water partition coefficient (Wildman–Crippen LogP) is 6.46. The molecule has 1 amide bonds. The molecule has 7 nitrogen and oxygen atoms in total. The van der Waals surface area contributed by atoms with Crippen molar-refractivity contribution in [3.63, 3.8) is 0 Å². The van der Waals surface area contributed by atoms with Crippen LogP contribution in [0.3, 0.4) is 0 Å². The van der Waals surface area contributed by atoms with Crippen LogP contribution in [0.25, 0.3) is 28.2 Å². The smallest absolute Gasteiger partial charge is 0.271 e. The van der Waals surface area contributed by atoms with Gasteiger partial charge >= 0.3 is 0 Å². The van der Waals surface area contributed by atoms with Crippen LogP contribution < -0.4 is 5.32 Å². The van der Waals surface area contributed by atoms with Crippen molar-refractivity contribution < 1.29 is 18.3 Å². The van der Waals surface area contributed by atoms with E-state index >= 15 is 0 Å². The fourth-order valence-corrected chi connectivity index (χ4v) is 5.63. The van der Waals surface area contributed by atoms with Crippen LogP contribution >= 0.6 is 34.8 Å². The second-order valence-corrected chi connectivity index (χ2v) is 13.0. The number of benzene rings is 3. The third kappa shape index (κ3) is 6.48. The van der Waals surface area contributed by atoms with Crippen molar-refractivity contribution >= 4 is 50.5 Å². The van der Waals surface area contributed by atoms with E-state index in [1.807, 2.05) is 0 Å². The van der Waals surface area contributed by atoms with Gasteiger partial charge in [0.05, 0.1) is 42.6 Å². The van der Waals surface area contributed by atoms with Gasteiger partial charge in [-0.2, -0.15) is 0 Å². The van der Waals surface area contributed by atoms with Gasteiger partial charge in [-0.25, -0.2) is 13.4 Å². The molecule has 0 unspecified atom stereocenters. The Labute approximate surface area is 242 Å². The lowest BCUT2D eigenvalue weighted by Crippen LogP contribution is -2.38. The van der Waals surface area contributed by atoms with E-state index in [-0.39, 0.29) is 22.9 Å². The Morgan fingerprint density at radius 3 is 2.23 bits per heavy atom. The van der Waals surface area contributed by atoms with Gasteiger partial charge in [0.1, 0.15) is 11.5 Å². The van der Waals surface area contributed by atoms with Crippen LogP contribution in [0.5, 0.6) is 0 Å². The summed E-state index contributed by atoms with van der Waals surface area (Å²) in [6.45, 7) is 4.77. The lowest BCUT2D eigenvalue weighted by molar-refractivity contribution is 0.0692. The number of aromatic nitrogens is 2. The molecule has 204 valence electrons. The molecule has 2 N–H and O–H groups in total. The first-order valence-corrected chi connectivity index (χ1v) is 14.8. The Kier molecular flexibility index (Phi) is 8.44. The zero-order valence-corrected chi connectivity index (χ0v) is 24.5.